The van der Waals surface area contributed by atoms with Crippen molar-refractivity contribution in [2.75, 3.05) is 0 Å². The van der Waals surface area contributed by atoms with Crippen molar-refractivity contribution in [1.82, 2.24) is 0 Å². The van der Waals surface area contributed by atoms with Crippen LogP contribution in [0.5, 0.6) is 0 Å². The fraction of sp³-hybridized carbons (Fsp3) is 0. The van der Waals surface area contributed by atoms with E-state index in [4.69, 9.17) is 27.6 Å². The quantitative estimate of drug-likeness (QED) is 0.390. The molecule has 0 N–H and O–H groups in total. The van der Waals surface area contributed by atoms with Gasteiger partial charge >= 0.3 is 0 Å². The van der Waals surface area contributed by atoms with Gasteiger partial charge < -0.3 is 27.6 Å². The van der Waals surface area contributed by atoms with E-state index in [0.29, 0.717) is 0 Å². The fourth-order valence-corrected chi connectivity index (χ4v) is 0. The number of hydrogen-bond acceptors (Lipinski definition) is 7. The van der Waals surface area contributed by atoms with E-state index >= 15 is 0 Å². The minimum absolute atomic E-state index is 3.39. The highest BCUT2D eigenvalue weighted by Gasteiger charge is 1.70. The van der Waals surface area contributed by atoms with Crippen molar-refractivity contribution >= 4 is 11.9 Å². The maximum absolute atomic E-state index is 8.57. The molecule has 0 saturated carbocycles. The van der Waals surface area contributed by atoms with Gasteiger partial charge in [0.2, 0.25) is 14.8 Å². The molecule has 0 aromatic rings. The van der Waals surface area contributed by atoms with E-state index in [1.807, 2.05) is 0 Å². The van der Waals surface area contributed by atoms with Crippen molar-refractivity contribution in [3.63, 3.8) is 0 Å². The van der Waals surface area contributed by atoms with Gasteiger partial charge in [0.1, 0.15) is 0 Å². The third-order valence-electron chi connectivity index (χ3n) is 0. The molecule has 66 valence electrons. The van der Waals surface area contributed by atoms with Crippen LogP contribution in [-0.4, -0.2) is 0 Å². The minimum Gasteiger partial charge on any atom is -0.769 e. The van der Waals surface area contributed by atoms with Gasteiger partial charge in [-0.15, -0.1) is 0 Å². The summed E-state index contributed by atoms with van der Waals surface area (Å²) in [7, 11) is 0. The van der Waals surface area contributed by atoms with Crippen LogP contribution < -0.4 is 48.6 Å². The standard InChI is InChI=1S/BrO3.ClO.IO3/c2-1(3)4;1-2;2-1(3)4/q3*-1. The van der Waals surface area contributed by atoms with E-state index in [9.17, 15) is 0 Å². The SMILES string of the molecule is [O-]Cl.[O-][Br+2]([O-])[O-].[O-][I+2]([O-])[O-]. The normalized spacial score (nSPS) is 7.80. The van der Waals surface area contributed by atoms with Gasteiger partial charge in [0.05, 0.1) is 0 Å². The third kappa shape index (κ3) is 419. The first-order valence-electron chi connectivity index (χ1n) is 1.08. The van der Waals surface area contributed by atoms with Gasteiger partial charge in [-0.25, -0.2) is 11.9 Å². The van der Waals surface area contributed by atoms with Crippen molar-refractivity contribution in [1.29, 1.82) is 0 Å². The molecule has 0 aromatic heterocycles. The van der Waals surface area contributed by atoms with Gasteiger partial charge in [-0.05, 0) is 0 Å². The molecule has 0 radical (unpaired) electrons. The zero-order valence-corrected chi connectivity index (χ0v) is 8.49. The molecule has 0 aliphatic heterocycles. The van der Waals surface area contributed by atoms with E-state index in [1.165, 1.54) is 0 Å². The van der Waals surface area contributed by atoms with E-state index in [-0.39, 0.29) is 0 Å². The molecular formula is BrClIO7-3. The summed E-state index contributed by atoms with van der Waals surface area (Å²) in [6.07, 6.45) is 0. The second-order valence-electron chi connectivity index (χ2n) is 0.378. The summed E-state index contributed by atoms with van der Waals surface area (Å²) in [5.74, 6) is 0. The predicted octanol–water partition coefficient (Wildman–Crippen LogP) is -10.6. The first kappa shape index (κ1) is 17.3. The highest BCUT2D eigenvalue weighted by Crippen LogP contribution is 1.24. The Labute approximate surface area is 75.1 Å². The zero-order valence-electron chi connectivity index (χ0n) is 3.99. The van der Waals surface area contributed by atoms with Crippen LogP contribution in [0, 0.1) is 14.8 Å². The number of rotatable bonds is 0. The smallest absolute Gasteiger partial charge is 0.282 e. The van der Waals surface area contributed by atoms with Crippen LogP contribution in [0.1, 0.15) is 0 Å². The number of hydrogen-bond donors (Lipinski definition) is 0. The molecule has 0 amide bonds. The van der Waals surface area contributed by atoms with Crippen LogP contribution in [-0.2, 0) is 0 Å². The molecule has 0 heterocycles. The third-order valence-corrected chi connectivity index (χ3v) is 0. The van der Waals surface area contributed by atoms with E-state index in [1.54, 1.807) is 0 Å². The average molecular weight is 354 g/mol. The van der Waals surface area contributed by atoms with Crippen LogP contribution in [0.15, 0.2) is 0 Å². The predicted molar refractivity (Wildman–Crippen MR) is 5.85 cm³/mol. The van der Waals surface area contributed by atoms with Crippen molar-refractivity contribution < 1.29 is 63.4 Å². The van der Waals surface area contributed by atoms with Crippen molar-refractivity contribution in [2.45, 2.75) is 0 Å². The first-order valence-corrected chi connectivity index (χ1v) is 5.97. The van der Waals surface area contributed by atoms with Crippen molar-refractivity contribution in [3.05, 3.63) is 0 Å². The van der Waals surface area contributed by atoms with E-state index < -0.39 is 35.9 Å². The molecule has 0 spiro atoms. The first-order chi connectivity index (χ1) is 4.46. The highest BCUT2D eigenvalue weighted by atomic mass is 127. The molecule has 0 aromatic carbocycles. The molecule has 0 atom stereocenters. The lowest BCUT2D eigenvalue weighted by atomic mass is 15.9. The molecule has 0 rings (SSSR count). The second kappa shape index (κ2) is 16.7. The summed E-state index contributed by atoms with van der Waals surface area (Å²) in [5, 5.41) is 0. The average Bonchev–Trinajstić information content (AvgIpc) is 1.66. The van der Waals surface area contributed by atoms with Crippen molar-refractivity contribution in [3.8, 4) is 0 Å². The van der Waals surface area contributed by atoms with Gasteiger partial charge in [0, 0.05) is 0 Å². The molecule has 0 unspecified atom stereocenters. The lowest BCUT2D eigenvalue weighted by Gasteiger charge is -1.85. The monoisotopic (exact) mass is 353 g/mol. The number of halogens is 3. The second-order valence-corrected chi connectivity index (χ2v) is 2.25. The Bertz CT molecular complexity index is 29.1. The summed E-state index contributed by atoms with van der Waals surface area (Å²) >= 11 is -4.27. The summed E-state index contributed by atoms with van der Waals surface area (Å²) in [6, 6.07) is 0. The zero-order chi connectivity index (χ0) is 9.15. The highest BCUT2D eigenvalue weighted by molar-refractivity contribution is 6.02. The molecule has 0 fully saturated rings. The summed E-state index contributed by atoms with van der Waals surface area (Å²) < 4.78 is 59.0. The Morgan fingerprint density at radius 3 is 0.900 bits per heavy atom. The summed E-state index contributed by atoms with van der Waals surface area (Å²) in [5.41, 5.74) is 0. The van der Waals surface area contributed by atoms with Gasteiger partial charge in [-0.3, -0.25) is 0 Å². The lowest BCUT2D eigenvalue weighted by Crippen LogP contribution is -4.05. The van der Waals surface area contributed by atoms with Gasteiger partial charge in [0.15, 0.2) is 0 Å². The van der Waals surface area contributed by atoms with Crippen LogP contribution in [0.25, 0.3) is 0 Å². The van der Waals surface area contributed by atoms with Crippen LogP contribution >= 0.6 is 11.9 Å². The molecule has 0 aliphatic rings. The van der Waals surface area contributed by atoms with Gasteiger partial charge in [0.25, 0.3) is 21.1 Å². The van der Waals surface area contributed by atoms with Crippen LogP contribution in [0.3, 0.4) is 0 Å². The van der Waals surface area contributed by atoms with E-state index in [2.05, 4.69) is 11.9 Å². The molecule has 0 aliphatic carbocycles. The Balaban J connectivity index is -0.0000000787. The Morgan fingerprint density at radius 1 is 0.900 bits per heavy atom. The maximum atomic E-state index is 8.57. The van der Waals surface area contributed by atoms with Crippen molar-refractivity contribution in [2.24, 2.45) is 0 Å². The largest absolute Gasteiger partial charge is 0.769 e. The minimum atomic E-state index is -4.01. The Hall–Kier alpha value is 1.22. The molecule has 7 nitrogen and oxygen atoms in total. The molecule has 0 bridgehead atoms. The molecular weight excluding hydrogens is 354 g/mol. The molecule has 10 heteroatoms. The van der Waals surface area contributed by atoms with Crippen LogP contribution in [0.4, 0.5) is 0 Å². The lowest BCUT2D eigenvalue weighted by molar-refractivity contribution is -1.73. The summed E-state index contributed by atoms with van der Waals surface area (Å²) in [4.78, 5) is 0. The van der Waals surface area contributed by atoms with Crippen LogP contribution in [0.2, 0.25) is 0 Å². The van der Waals surface area contributed by atoms with Gasteiger partial charge in [-0.1, -0.05) is 0 Å². The fourth-order valence-electron chi connectivity index (χ4n) is 0. The van der Waals surface area contributed by atoms with E-state index in [0.717, 1.165) is 0 Å². The molecule has 0 saturated heterocycles. The topological polar surface area (TPSA) is 161 Å². The summed E-state index contributed by atoms with van der Waals surface area (Å²) in [6.45, 7) is 0. The van der Waals surface area contributed by atoms with Gasteiger partial charge in [-0.2, -0.15) is 0 Å². The molecule has 10 heavy (non-hydrogen) atoms. The Morgan fingerprint density at radius 2 is 0.900 bits per heavy atom. The Kier molecular flexibility index (Phi) is 28.9. The maximum Gasteiger partial charge on any atom is 0.282 e.